The van der Waals surface area contributed by atoms with Crippen molar-refractivity contribution < 1.29 is 14.3 Å². The van der Waals surface area contributed by atoms with Crippen molar-refractivity contribution in [2.75, 3.05) is 0 Å². The first kappa shape index (κ1) is 10.8. The molecule has 96 valence electrons. The van der Waals surface area contributed by atoms with E-state index >= 15 is 0 Å². The van der Waals surface area contributed by atoms with Crippen LogP contribution in [0, 0.1) is 6.92 Å². The van der Waals surface area contributed by atoms with E-state index in [1.807, 2.05) is 17.4 Å². The van der Waals surface area contributed by atoms with Crippen LogP contribution in [0.4, 0.5) is 0 Å². The van der Waals surface area contributed by atoms with Gasteiger partial charge in [-0.25, -0.2) is 9.78 Å². The van der Waals surface area contributed by atoms with Crippen molar-refractivity contribution in [2.45, 2.75) is 19.8 Å². The number of aromatic nitrogens is 2. The first-order chi connectivity index (χ1) is 9.16. The average molecular weight is 274 g/mol. The molecule has 6 heteroatoms. The van der Waals surface area contributed by atoms with Gasteiger partial charge in [0.15, 0.2) is 4.96 Å². The van der Waals surface area contributed by atoms with Gasteiger partial charge in [-0.3, -0.25) is 4.40 Å². The molecule has 0 fully saturated rings. The molecule has 0 saturated heterocycles. The van der Waals surface area contributed by atoms with Gasteiger partial charge in [0.1, 0.15) is 10.6 Å². The van der Waals surface area contributed by atoms with Crippen LogP contribution in [-0.4, -0.2) is 20.5 Å². The van der Waals surface area contributed by atoms with Crippen LogP contribution >= 0.6 is 11.3 Å². The van der Waals surface area contributed by atoms with Gasteiger partial charge in [0.05, 0.1) is 17.7 Å². The summed E-state index contributed by atoms with van der Waals surface area (Å²) in [6, 6.07) is 1.93. The fraction of sp³-hybridized carbons (Fsp3) is 0.231. The summed E-state index contributed by atoms with van der Waals surface area (Å²) in [5.41, 5.74) is 3.81. The van der Waals surface area contributed by atoms with Crippen LogP contribution in [0.3, 0.4) is 0 Å². The molecule has 0 atom stereocenters. The van der Waals surface area contributed by atoms with Crippen LogP contribution in [-0.2, 0) is 12.8 Å². The largest absolute Gasteiger partial charge is 0.477 e. The van der Waals surface area contributed by atoms with Gasteiger partial charge in [-0.15, -0.1) is 0 Å². The van der Waals surface area contributed by atoms with Crippen molar-refractivity contribution in [1.82, 2.24) is 9.38 Å². The SMILES string of the molecule is Cc1c(C(=O)O)sc2nc3c(n12)CCc1occc1-3. The van der Waals surface area contributed by atoms with E-state index in [4.69, 9.17) is 9.52 Å². The summed E-state index contributed by atoms with van der Waals surface area (Å²) < 4.78 is 7.41. The smallest absolute Gasteiger partial charge is 0.347 e. The molecule has 0 aliphatic heterocycles. The third-order valence-electron chi connectivity index (χ3n) is 3.58. The molecule has 3 aromatic rings. The summed E-state index contributed by atoms with van der Waals surface area (Å²) in [7, 11) is 0. The number of imidazole rings is 1. The molecule has 0 amide bonds. The second-order valence-corrected chi connectivity index (χ2v) is 5.58. The summed E-state index contributed by atoms with van der Waals surface area (Å²) in [4.78, 5) is 16.9. The molecular weight excluding hydrogens is 264 g/mol. The van der Waals surface area contributed by atoms with Crippen LogP contribution in [0.25, 0.3) is 16.2 Å². The van der Waals surface area contributed by atoms with Gasteiger partial charge < -0.3 is 9.52 Å². The highest BCUT2D eigenvalue weighted by Crippen LogP contribution is 2.37. The summed E-state index contributed by atoms with van der Waals surface area (Å²) >= 11 is 1.22. The molecule has 0 aromatic carbocycles. The average Bonchev–Trinajstić information content (AvgIpc) is 3.02. The van der Waals surface area contributed by atoms with Gasteiger partial charge in [0.25, 0.3) is 0 Å². The van der Waals surface area contributed by atoms with E-state index in [-0.39, 0.29) is 0 Å². The van der Waals surface area contributed by atoms with Crippen molar-refractivity contribution in [1.29, 1.82) is 0 Å². The first-order valence-corrected chi connectivity index (χ1v) is 6.79. The molecule has 1 aliphatic rings. The fourth-order valence-electron chi connectivity index (χ4n) is 2.73. The fourth-order valence-corrected chi connectivity index (χ4v) is 3.72. The van der Waals surface area contributed by atoms with Crippen LogP contribution in [0.15, 0.2) is 16.7 Å². The monoisotopic (exact) mass is 274 g/mol. The van der Waals surface area contributed by atoms with Crippen molar-refractivity contribution >= 4 is 22.3 Å². The molecule has 4 rings (SSSR count). The Bertz CT molecular complexity index is 825. The number of hydrogen-bond donors (Lipinski definition) is 1. The summed E-state index contributed by atoms with van der Waals surface area (Å²) in [5.74, 6) is 0.0796. The number of furan rings is 1. The second kappa shape index (κ2) is 3.48. The molecule has 0 saturated carbocycles. The molecule has 0 radical (unpaired) electrons. The minimum absolute atomic E-state index is 0.364. The Morgan fingerprint density at radius 2 is 2.37 bits per heavy atom. The van der Waals surface area contributed by atoms with E-state index in [1.54, 1.807) is 6.26 Å². The number of hydrogen-bond acceptors (Lipinski definition) is 4. The summed E-state index contributed by atoms with van der Waals surface area (Å²) in [6.45, 7) is 1.83. The second-order valence-electron chi connectivity index (χ2n) is 4.60. The van der Waals surface area contributed by atoms with Crippen molar-refractivity contribution in [3.63, 3.8) is 0 Å². The molecule has 0 bridgehead atoms. The van der Waals surface area contributed by atoms with E-state index in [2.05, 4.69) is 4.98 Å². The predicted molar refractivity (Wildman–Crippen MR) is 69.9 cm³/mol. The van der Waals surface area contributed by atoms with Crippen molar-refractivity contribution in [2.24, 2.45) is 0 Å². The zero-order chi connectivity index (χ0) is 13.1. The Balaban J connectivity index is 2.05. The zero-order valence-corrected chi connectivity index (χ0v) is 11.0. The maximum absolute atomic E-state index is 11.2. The number of thiazole rings is 1. The highest BCUT2D eigenvalue weighted by atomic mass is 32.1. The molecule has 1 aliphatic carbocycles. The van der Waals surface area contributed by atoms with Crippen molar-refractivity contribution in [3.05, 3.63) is 34.4 Å². The number of fused-ring (bicyclic) bond motifs is 5. The molecule has 3 aromatic heterocycles. The van der Waals surface area contributed by atoms with Crippen LogP contribution < -0.4 is 0 Å². The standard InChI is InChI=1S/C13H10N2O3S/c1-6-11(12(16)17)19-13-14-10-7-4-5-18-9(7)3-2-8(10)15(6)13/h4-5H,2-3H2,1H3,(H,16,17). The summed E-state index contributed by atoms with van der Waals surface area (Å²) in [6.07, 6.45) is 3.34. The van der Waals surface area contributed by atoms with E-state index < -0.39 is 5.97 Å². The van der Waals surface area contributed by atoms with Gasteiger partial charge in [0.2, 0.25) is 0 Å². The number of carboxylic acids is 1. The van der Waals surface area contributed by atoms with E-state index in [0.29, 0.717) is 4.88 Å². The van der Waals surface area contributed by atoms with Crippen LogP contribution in [0.2, 0.25) is 0 Å². The Labute approximate surface area is 112 Å². The van der Waals surface area contributed by atoms with Crippen LogP contribution in [0.1, 0.15) is 26.8 Å². The first-order valence-electron chi connectivity index (χ1n) is 5.97. The zero-order valence-electron chi connectivity index (χ0n) is 10.1. The Hall–Kier alpha value is -2.08. The van der Waals surface area contributed by atoms with Gasteiger partial charge in [0, 0.05) is 17.7 Å². The van der Waals surface area contributed by atoms with E-state index in [0.717, 1.165) is 46.2 Å². The quantitative estimate of drug-likeness (QED) is 0.741. The summed E-state index contributed by atoms with van der Waals surface area (Å²) in [5, 5.41) is 9.17. The number of rotatable bonds is 1. The molecule has 5 nitrogen and oxygen atoms in total. The lowest BCUT2D eigenvalue weighted by Crippen LogP contribution is -2.05. The number of aryl methyl sites for hydroxylation is 3. The highest BCUT2D eigenvalue weighted by molar-refractivity contribution is 7.19. The Morgan fingerprint density at radius 1 is 1.53 bits per heavy atom. The van der Waals surface area contributed by atoms with Gasteiger partial charge in [-0.05, 0) is 19.4 Å². The lowest BCUT2D eigenvalue weighted by molar-refractivity contribution is 0.0701. The topological polar surface area (TPSA) is 67.7 Å². The maximum atomic E-state index is 11.2. The van der Waals surface area contributed by atoms with E-state index in [1.165, 1.54) is 11.3 Å². The Morgan fingerprint density at radius 3 is 3.16 bits per heavy atom. The molecule has 19 heavy (non-hydrogen) atoms. The lowest BCUT2D eigenvalue weighted by Gasteiger charge is -2.10. The van der Waals surface area contributed by atoms with Gasteiger partial charge in [-0.2, -0.15) is 0 Å². The van der Waals surface area contributed by atoms with Crippen LogP contribution in [0.5, 0.6) is 0 Å². The third-order valence-corrected chi connectivity index (χ3v) is 4.71. The molecule has 3 heterocycles. The molecular formula is C13H10N2O3S. The number of aromatic carboxylic acids is 1. The van der Waals surface area contributed by atoms with Gasteiger partial charge in [-0.1, -0.05) is 11.3 Å². The van der Waals surface area contributed by atoms with Gasteiger partial charge >= 0.3 is 5.97 Å². The normalized spacial score (nSPS) is 13.5. The van der Waals surface area contributed by atoms with Crippen molar-refractivity contribution in [3.8, 4) is 11.3 Å². The number of nitrogens with zero attached hydrogens (tertiary/aromatic N) is 2. The highest BCUT2D eigenvalue weighted by Gasteiger charge is 2.27. The predicted octanol–water partition coefficient (Wildman–Crippen LogP) is 2.76. The third kappa shape index (κ3) is 1.29. The Kier molecular flexibility index (Phi) is 1.98. The number of carbonyl (C=O) groups is 1. The minimum atomic E-state index is -0.887. The number of carboxylic acid groups (broad SMARTS) is 1. The molecule has 1 N–H and O–H groups in total. The molecule has 0 unspecified atom stereocenters. The molecule has 0 spiro atoms. The lowest BCUT2D eigenvalue weighted by atomic mass is 9.99. The van der Waals surface area contributed by atoms with E-state index in [9.17, 15) is 4.79 Å². The maximum Gasteiger partial charge on any atom is 0.347 e. The minimum Gasteiger partial charge on any atom is -0.477 e.